The Morgan fingerprint density at radius 3 is 2.67 bits per heavy atom. The first-order valence-corrected chi connectivity index (χ1v) is 8.46. The molecule has 0 saturated carbocycles. The van der Waals surface area contributed by atoms with Gasteiger partial charge in [-0.3, -0.25) is 5.32 Å². The highest BCUT2D eigenvalue weighted by atomic mass is 35.5. The molecule has 24 heavy (non-hydrogen) atoms. The summed E-state index contributed by atoms with van der Waals surface area (Å²) in [6.07, 6.45) is -0.567. The number of thiazole rings is 1. The van der Waals surface area contributed by atoms with Gasteiger partial charge in [0.2, 0.25) is 0 Å². The van der Waals surface area contributed by atoms with Crippen LogP contribution in [0, 0.1) is 0 Å². The maximum Gasteiger partial charge on any atom is 0.417 e. The average molecular weight is 376 g/mol. The molecule has 0 aliphatic heterocycles. The molecule has 0 saturated heterocycles. The zero-order valence-corrected chi connectivity index (χ0v) is 13.9. The number of amides is 2. The molecule has 0 fully saturated rings. The predicted molar refractivity (Wildman–Crippen MR) is 87.9 cm³/mol. The number of hydrogen-bond donors (Lipinski definition) is 2. The fraction of sp³-hybridized carbons (Fsp3) is 0.333. The fourth-order valence-electron chi connectivity index (χ4n) is 2.49. The van der Waals surface area contributed by atoms with Crippen molar-refractivity contribution >= 4 is 39.8 Å². The lowest BCUT2D eigenvalue weighted by Crippen LogP contribution is -2.19. The number of carbonyl (C=O) groups excluding carboxylic acids is 1. The van der Waals surface area contributed by atoms with Crippen molar-refractivity contribution < 1.29 is 18.0 Å². The molecule has 2 N–H and O–H groups in total. The third-order valence-corrected chi connectivity index (χ3v) is 5.00. The van der Waals surface area contributed by atoms with Crippen LogP contribution in [0.3, 0.4) is 0 Å². The molecule has 0 radical (unpaired) electrons. The summed E-state index contributed by atoms with van der Waals surface area (Å²) in [4.78, 5) is 17.5. The number of aromatic nitrogens is 1. The largest absolute Gasteiger partial charge is 0.417 e. The highest BCUT2D eigenvalue weighted by Crippen LogP contribution is 2.36. The van der Waals surface area contributed by atoms with E-state index < -0.39 is 22.8 Å². The topological polar surface area (TPSA) is 54.0 Å². The third-order valence-electron chi connectivity index (χ3n) is 3.60. The maximum atomic E-state index is 12.8. The van der Waals surface area contributed by atoms with Crippen molar-refractivity contribution in [1.29, 1.82) is 0 Å². The minimum Gasteiger partial charge on any atom is -0.308 e. The first-order valence-electron chi connectivity index (χ1n) is 7.26. The molecule has 1 aromatic heterocycles. The Morgan fingerprint density at radius 1 is 1.21 bits per heavy atom. The van der Waals surface area contributed by atoms with Crippen molar-refractivity contribution in [1.82, 2.24) is 4.98 Å². The lowest BCUT2D eigenvalue weighted by atomic mass is 10.0. The van der Waals surface area contributed by atoms with E-state index in [9.17, 15) is 18.0 Å². The number of alkyl halides is 3. The molecule has 0 spiro atoms. The van der Waals surface area contributed by atoms with E-state index in [1.165, 1.54) is 17.4 Å². The van der Waals surface area contributed by atoms with Gasteiger partial charge < -0.3 is 5.32 Å². The summed E-state index contributed by atoms with van der Waals surface area (Å²) < 4.78 is 38.5. The molecule has 9 heteroatoms. The van der Waals surface area contributed by atoms with Gasteiger partial charge in [0.15, 0.2) is 5.13 Å². The highest BCUT2D eigenvalue weighted by Gasteiger charge is 2.33. The normalized spacial score (nSPS) is 14.2. The molecule has 2 amide bonds. The van der Waals surface area contributed by atoms with Gasteiger partial charge in [-0.15, -0.1) is 11.3 Å². The van der Waals surface area contributed by atoms with Gasteiger partial charge in [0.25, 0.3) is 0 Å². The number of benzene rings is 1. The predicted octanol–water partition coefficient (Wildman–Crippen LogP) is 5.34. The summed E-state index contributed by atoms with van der Waals surface area (Å²) in [5.41, 5.74) is 0.00428. The van der Waals surface area contributed by atoms with Crippen molar-refractivity contribution in [3.05, 3.63) is 39.4 Å². The zero-order valence-electron chi connectivity index (χ0n) is 12.3. The Balaban J connectivity index is 1.70. The van der Waals surface area contributed by atoms with Crippen molar-refractivity contribution in [3.63, 3.8) is 0 Å². The molecule has 0 atom stereocenters. The molecule has 4 nitrogen and oxygen atoms in total. The zero-order chi connectivity index (χ0) is 17.3. The first-order chi connectivity index (χ1) is 11.3. The Labute approximate surface area is 145 Å². The highest BCUT2D eigenvalue weighted by molar-refractivity contribution is 7.15. The Morgan fingerprint density at radius 2 is 1.96 bits per heavy atom. The van der Waals surface area contributed by atoms with Crippen LogP contribution >= 0.6 is 22.9 Å². The smallest absolute Gasteiger partial charge is 0.308 e. The number of fused-ring (bicyclic) bond motifs is 1. The van der Waals surface area contributed by atoms with Crippen LogP contribution in [-0.4, -0.2) is 11.0 Å². The SMILES string of the molecule is O=C(Nc1ccc(Cl)c(C(F)(F)F)c1)Nc1nc2c(s1)CCCC2. The number of nitrogens with zero attached hydrogens (tertiary/aromatic N) is 1. The number of nitrogens with one attached hydrogen (secondary N) is 2. The van der Waals surface area contributed by atoms with Gasteiger partial charge in [-0.1, -0.05) is 11.6 Å². The standard InChI is InChI=1S/C15H13ClF3N3OS/c16-10-6-5-8(7-9(10)15(17,18)19)20-13(23)22-14-21-11-3-1-2-4-12(11)24-14/h5-7H,1-4H2,(H2,20,21,22,23). The van der Waals surface area contributed by atoms with Crippen molar-refractivity contribution in [3.8, 4) is 0 Å². The molecule has 1 aliphatic rings. The molecule has 0 unspecified atom stereocenters. The number of aryl methyl sites for hydroxylation is 2. The summed E-state index contributed by atoms with van der Waals surface area (Å²) in [5, 5.41) is 4.96. The van der Waals surface area contributed by atoms with Crippen LogP contribution in [0.15, 0.2) is 18.2 Å². The van der Waals surface area contributed by atoms with Gasteiger partial charge in [-0.2, -0.15) is 13.2 Å². The minimum absolute atomic E-state index is 0.00513. The van der Waals surface area contributed by atoms with E-state index in [0.29, 0.717) is 5.13 Å². The van der Waals surface area contributed by atoms with Crippen LogP contribution in [-0.2, 0) is 19.0 Å². The van der Waals surface area contributed by atoms with Crippen LogP contribution < -0.4 is 10.6 Å². The molecule has 3 rings (SSSR count). The Hall–Kier alpha value is -1.80. The van der Waals surface area contributed by atoms with E-state index in [0.717, 1.165) is 48.4 Å². The number of urea groups is 1. The number of carbonyl (C=O) groups is 1. The van der Waals surface area contributed by atoms with Gasteiger partial charge >= 0.3 is 12.2 Å². The van der Waals surface area contributed by atoms with Gasteiger partial charge in [0, 0.05) is 10.6 Å². The molecule has 1 heterocycles. The van der Waals surface area contributed by atoms with Crippen LogP contribution in [0.4, 0.5) is 28.8 Å². The van der Waals surface area contributed by atoms with Crippen molar-refractivity contribution in [2.24, 2.45) is 0 Å². The molecule has 0 bridgehead atoms. The van der Waals surface area contributed by atoms with Gasteiger partial charge in [-0.25, -0.2) is 9.78 Å². The summed E-state index contributed by atoms with van der Waals surface area (Å²) in [6, 6.07) is 2.57. The number of halogens is 4. The molecule has 1 aromatic carbocycles. The monoisotopic (exact) mass is 375 g/mol. The van der Waals surface area contributed by atoms with E-state index in [-0.39, 0.29) is 5.69 Å². The Bertz CT molecular complexity index is 752. The molecule has 1 aliphatic carbocycles. The summed E-state index contributed by atoms with van der Waals surface area (Å²) in [5.74, 6) is 0. The number of rotatable bonds is 2. The van der Waals surface area contributed by atoms with Crippen LogP contribution in [0.5, 0.6) is 0 Å². The molecule has 128 valence electrons. The number of anilines is 2. The van der Waals surface area contributed by atoms with Crippen LogP contribution in [0.1, 0.15) is 29.0 Å². The number of hydrogen-bond acceptors (Lipinski definition) is 3. The Kier molecular flexibility index (Phi) is 4.69. The second-order valence-corrected chi connectivity index (χ2v) is 6.86. The second kappa shape index (κ2) is 6.60. The first kappa shape index (κ1) is 17.0. The van der Waals surface area contributed by atoms with Crippen molar-refractivity contribution in [2.45, 2.75) is 31.9 Å². The van der Waals surface area contributed by atoms with E-state index >= 15 is 0 Å². The second-order valence-electron chi connectivity index (χ2n) is 5.37. The lowest BCUT2D eigenvalue weighted by Gasteiger charge is -2.11. The van der Waals surface area contributed by atoms with Crippen LogP contribution in [0.25, 0.3) is 0 Å². The van der Waals surface area contributed by atoms with E-state index in [1.54, 1.807) is 0 Å². The quantitative estimate of drug-likeness (QED) is 0.744. The van der Waals surface area contributed by atoms with E-state index in [1.807, 2.05) is 0 Å². The van der Waals surface area contributed by atoms with Crippen molar-refractivity contribution in [2.75, 3.05) is 10.6 Å². The van der Waals surface area contributed by atoms with Gasteiger partial charge in [0.1, 0.15) is 0 Å². The van der Waals surface area contributed by atoms with Gasteiger partial charge in [0.05, 0.1) is 16.3 Å². The lowest BCUT2D eigenvalue weighted by molar-refractivity contribution is -0.137. The average Bonchev–Trinajstić information content (AvgIpc) is 2.90. The van der Waals surface area contributed by atoms with Crippen LogP contribution in [0.2, 0.25) is 5.02 Å². The molecular weight excluding hydrogens is 363 g/mol. The van der Waals surface area contributed by atoms with E-state index in [2.05, 4.69) is 15.6 Å². The van der Waals surface area contributed by atoms with Gasteiger partial charge in [-0.05, 0) is 43.9 Å². The fourth-order valence-corrected chi connectivity index (χ4v) is 3.75. The third kappa shape index (κ3) is 3.81. The summed E-state index contributed by atoms with van der Waals surface area (Å²) in [7, 11) is 0. The molecule has 2 aromatic rings. The van der Waals surface area contributed by atoms with E-state index in [4.69, 9.17) is 11.6 Å². The molecular formula is C15H13ClF3N3OS. The maximum absolute atomic E-state index is 12.8. The summed E-state index contributed by atoms with van der Waals surface area (Å²) in [6.45, 7) is 0. The summed E-state index contributed by atoms with van der Waals surface area (Å²) >= 11 is 6.95. The minimum atomic E-state index is -4.58.